The average Bonchev–Trinajstić information content (AvgIpc) is 2.44. The molecule has 1 unspecified atom stereocenters. The van der Waals surface area contributed by atoms with Gasteiger partial charge in [-0.05, 0) is 38.0 Å². The van der Waals surface area contributed by atoms with E-state index >= 15 is 0 Å². The Labute approximate surface area is 128 Å². The lowest BCUT2D eigenvalue weighted by Gasteiger charge is -2.15. The van der Waals surface area contributed by atoms with Gasteiger partial charge in [-0.2, -0.15) is 0 Å². The van der Waals surface area contributed by atoms with Gasteiger partial charge in [-0.3, -0.25) is 0 Å². The Kier molecular flexibility index (Phi) is 8.35. The Hall–Kier alpha value is -1.10. The molecule has 0 aliphatic heterocycles. The second kappa shape index (κ2) is 9.77. The van der Waals surface area contributed by atoms with Crippen LogP contribution in [0.25, 0.3) is 0 Å². The summed E-state index contributed by atoms with van der Waals surface area (Å²) in [5, 5.41) is 13.0. The smallest absolute Gasteiger partial charge is 0.119 e. The van der Waals surface area contributed by atoms with Crippen molar-refractivity contribution in [2.45, 2.75) is 52.4 Å². The molecule has 0 bridgehead atoms. The molecule has 1 rings (SSSR count). The molecule has 0 heterocycles. The first-order valence-electron chi connectivity index (χ1n) is 7.72. The lowest BCUT2D eigenvalue weighted by molar-refractivity contribution is 0.0813. The SMILES string of the molecule is CC(C)NCC(O)COc1ccc(CCOC(C)C)cc1. The molecule has 4 nitrogen and oxygen atoms in total. The maximum absolute atomic E-state index is 9.78. The van der Waals surface area contributed by atoms with Crippen LogP contribution in [0.15, 0.2) is 24.3 Å². The number of aliphatic hydroxyl groups is 1. The third kappa shape index (κ3) is 8.71. The van der Waals surface area contributed by atoms with Crippen molar-refractivity contribution in [2.24, 2.45) is 0 Å². The van der Waals surface area contributed by atoms with Crippen LogP contribution < -0.4 is 10.1 Å². The van der Waals surface area contributed by atoms with Crippen molar-refractivity contribution in [1.29, 1.82) is 0 Å². The maximum Gasteiger partial charge on any atom is 0.119 e. The first kappa shape index (κ1) is 18.0. The topological polar surface area (TPSA) is 50.7 Å². The van der Waals surface area contributed by atoms with Crippen molar-refractivity contribution in [3.63, 3.8) is 0 Å². The largest absolute Gasteiger partial charge is 0.491 e. The number of aliphatic hydroxyl groups excluding tert-OH is 1. The molecule has 2 N–H and O–H groups in total. The number of ether oxygens (including phenoxy) is 2. The molecule has 0 saturated heterocycles. The van der Waals surface area contributed by atoms with Gasteiger partial charge in [0.25, 0.3) is 0 Å². The number of hydrogen-bond donors (Lipinski definition) is 2. The fraction of sp³-hybridized carbons (Fsp3) is 0.647. The summed E-state index contributed by atoms with van der Waals surface area (Å²) in [7, 11) is 0. The van der Waals surface area contributed by atoms with Gasteiger partial charge in [-0.1, -0.05) is 26.0 Å². The molecule has 1 aromatic rings. The van der Waals surface area contributed by atoms with Gasteiger partial charge in [0.1, 0.15) is 18.5 Å². The van der Waals surface area contributed by atoms with E-state index < -0.39 is 6.10 Å². The van der Waals surface area contributed by atoms with Crippen LogP contribution in [0.1, 0.15) is 33.3 Å². The van der Waals surface area contributed by atoms with Crippen LogP contribution in [0.5, 0.6) is 5.75 Å². The summed E-state index contributed by atoms with van der Waals surface area (Å²) >= 11 is 0. The minimum atomic E-state index is -0.494. The zero-order valence-corrected chi connectivity index (χ0v) is 13.6. The third-order valence-electron chi connectivity index (χ3n) is 2.97. The zero-order chi connectivity index (χ0) is 15.7. The highest BCUT2D eigenvalue weighted by Crippen LogP contribution is 2.13. The fourth-order valence-electron chi connectivity index (χ4n) is 1.79. The summed E-state index contributed by atoms with van der Waals surface area (Å²) < 4.78 is 11.1. The molecule has 0 amide bonds. The van der Waals surface area contributed by atoms with E-state index in [4.69, 9.17) is 9.47 Å². The fourth-order valence-corrected chi connectivity index (χ4v) is 1.79. The van der Waals surface area contributed by atoms with Crippen molar-refractivity contribution in [3.8, 4) is 5.75 Å². The monoisotopic (exact) mass is 295 g/mol. The Morgan fingerprint density at radius 3 is 2.33 bits per heavy atom. The Morgan fingerprint density at radius 1 is 1.10 bits per heavy atom. The molecule has 0 aromatic heterocycles. The van der Waals surface area contributed by atoms with E-state index in [-0.39, 0.29) is 6.10 Å². The molecule has 0 spiro atoms. The lowest BCUT2D eigenvalue weighted by Crippen LogP contribution is -2.35. The molecule has 0 fully saturated rings. The van der Waals surface area contributed by atoms with Gasteiger partial charge in [0.2, 0.25) is 0 Å². The van der Waals surface area contributed by atoms with E-state index in [1.165, 1.54) is 5.56 Å². The van der Waals surface area contributed by atoms with Crippen LogP contribution in [0, 0.1) is 0 Å². The van der Waals surface area contributed by atoms with Crippen LogP contribution in [0.4, 0.5) is 0 Å². The summed E-state index contributed by atoms with van der Waals surface area (Å²) in [6.45, 7) is 9.76. The van der Waals surface area contributed by atoms with Gasteiger partial charge < -0.3 is 19.9 Å². The average molecular weight is 295 g/mol. The standard InChI is InChI=1S/C17H29NO3/c1-13(2)18-11-16(19)12-21-17-7-5-15(6-8-17)9-10-20-14(3)4/h5-8,13-14,16,18-19H,9-12H2,1-4H3. The van der Waals surface area contributed by atoms with Crippen molar-refractivity contribution < 1.29 is 14.6 Å². The van der Waals surface area contributed by atoms with Crippen molar-refractivity contribution in [2.75, 3.05) is 19.8 Å². The lowest BCUT2D eigenvalue weighted by atomic mass is 10.1. The van der Waals surface area contributed by atoms with Crippen molar-refractivity contribution >= 4 is 0 Å². The Bertz CT molecular complexity index is 376. The van der Waals surface area contributed by atoms with E-state index in [0.717, 1.165) is 18.8 Å². The number of nitrogens with one attached hydrogen (secondary N) is 1. The predicted octanol–water partition coefficient (Wildman–Crippen LogP) is 2.39. The first-order chi connectivity index (χ1) is 9.97. The second-order valence-corrected chi connectivity index (χ2v) is 5.84. The zero-order valence-electron chi connectivity index (χ0n) is 13.6. The quantitative estimate of drug-likeness (QED) is 0.696. The third-order valence-corrected chi connectivity index (χ3v) is 2.97. The molecule has 1 aromatic carbocycles. The van der Waals surface area contributed by atoms with E-state index in [9.17, 15) is 5.11 Å². The number of rotatable bonds is 10. The molecule has 0 saturated carbocycles. The predicted molar refractivity (Wildman–Crippen MR) is 85.9 cm³/mol. The summed E-state index contributed by atoms with van der Waals surface area (Å²) in [6, 6.07) is 8.32. The summed E-state index contributed by atoms with van der Waals surface area (Å²) in [4.78, 5) is 0. The van der Waals surface area contributed by atoms with Gasteiger partial charge >= 0.3 is 0 Å². The summed E-state index contributed by atoms with van der Waals surface area (Å²) in [5.74, 6) is 0.784. The molecule has 0 aliphatic carbocycles. The van der Waals surface area contributed by atoms with Gasteiger partial charge in [0, 0.05) is 12.6 Å². The highest BCUT2D eigenvalue weighted by Gasteiger charge is 2.06. The van der Waals surface area contributed by atoms with Crippen LogP contribution >= 0.6 is 0 Å². The van der Waals surface area contributed by atoms with E-state index in [1.54, 1.807) is 0 Å². The minimum Gasteiger partial charge on any atom is -0.491 e. The maximum atomic E-state index is 9.78. The summed E-state index contributed by atoms with van der Waals surface area (Å²) in [5.41, 5.74) is 1.23. The molecule has 4 heteroatoms. The van der Waals surface area contributed by atoms with Crippen LogP contribution in [-0.4, -0.2) is 43.1 Å². The van der Waals surface area contributed by atoms with Crippen molar-refractivity contribution in [3.05, 3.63) is 29.8 Å². The molecule has 21 heavy (non-hydrogen) atoms. The minimum absolute atomic E-state index is 0.272. The van der Waals surface area contributed by atoms with E-state index in [2.05, 4.69) is 19.2 Å². The van der Waals surface area contributed by atoms with Gasteiger partial charge in [-0.25, -0.2) is 0 Å². The molecule has 1 atom stereocenters. The van der Waals surface area contributed by atoms with E-state index in [1.807, 2.05) is 38.1 Å². The summed E-state index contributed by atoms with van der Waals surface area (Å²) in [6.07, 6.45) is 0.680. The molecule has 0 radical (unpaired) electrons. The van der Waals surface area contributed by atoms with Gasteiger partial charge in [0.15, 0.2) is 0 Å². The van der Waals surface area contributed by atoms with Crippen LogP contribution in [-0.2, 0) is 11.2 Å². The van der Waals surface area contributed by atoms with Gasteiger partial charge in [0.05, 0.1) is 12.7 Å². The first-order valence-corrected chi connectivity index (χ1v) is 7.72. The molecule has 0 aliphatic rings. The normalized spacial score (nSPS) is 12.9. The molecule has 120 valence electrons. The Balaban J connectivity index is 2.27. The van der Waals surface area contributed by atoms with Gasteiger partial charge in [-0.15, -0.1) is 0 Å². The number of benzene rings is 1. The van der Waals surface area contributed by atoms with Crippen molar-refractivity contribution in [1.82, 2.24) is 5.32 Å². The van der Waals surface area contributed by atoms with E-state index in [0.29, 0.717) is 19.2 Å². The second-order valence-electron chi connectivity index (χ2n) is 5.84. The number of hydrogen-bond acceptors (Lipinski definition) is 4. The highest BCUT2D eigenvalue weighted by molar-refractivity contribution is 5.27. The molecular formula is C17H29NO3. The highest BCUT2D eigenvalue weighted by atomic mass is 16.5. The van der Waals surface area contributed by atoms with Crippen LogP contribution in [0.3, 0.4) is 0 Å². The van der Waals surface area contributed by atoms with Crippen LogP contribution in [0.2, 0.25) is 0 Å². The Morgan fingerprint density at radius 2 is 1.76 bits per heavy atom. The molecular weight excluding hydrogens is 266 g/mol.